The number of benzene rings is 3. The smallest absolute Gasteiger partial charge is 0.327 e. The molecule has 1 aliphatic rings. The first-order valence-electron chi connectivity index (χ1n) is 11.2. The van der Waals surface area contributed by atoms with Crippen molar-refractivity contribution >= 4 is 11.7 Å². The van der Waals surface area contributed by atoms with Crippen molar-refractivity contribution in [2.75, 3.05) is 18.6 Å². The molecule has 0 saturated carbocycles. The Morgan fingerprint density at radius 1 is 0.875 bits per heavy atom. The van der Waals surface area contributed by atoms with Crippen LogP contribution < -0.4 is 9.64 Å². The Balaban J connectivity index is 1.75. The van der Waals surface area contributed by atoms with Gasteiger partial charge in [-0.3, -0.25) is 9.80 Å². The Bertz CT molecular complexity index is 992. The molecule has 0 aliphatic carbocycles. The zero-order valence-electron chi connectivity index (χ0n) is 18.7. The molecule has 2 atom stereocenters. The molecule has 5 heteroatoms. The maximum atomic E-state index is 13.8. The lowest BCUT2D eigenvalue weighted by Gasteiger charge is -2.28. The maximum Gasteiger partial charge on any atom is 0.327 e. The van der Waals surface area contributed by atoms with Crippen LogP contribution >= 0.6 is 0 Å². The Hall–Kier alpha value is -3.31. The number of rotatable bonds is 9. The fourth-order valence-corrected chi connectivity index (χ4v) is 4.11. The summed E-state index contributed by atoms with van der Waals surface area (Å²) in [5.41, 5.74) is 2.95. The van der Waals surface area contributed by atoms with Crippen molar-refractivity contribution in [1.29, 1.82) is 0 Å². The minimum absolute atomic E-state index is 0.0608. The number of urea groups is 1. The third-order valence-corrected chi connectivity index (χ3v) is 5.78. The number of ether oxygens (including phenoxy) is 2. The van der Waals surface area contributed by atoms with E-state index in [9.17, 15) is 4.79 Å². The van der Waals surface area contributed by atoms with Crippen molar-refractivity contribution in [2.24, 2.45) is 0 Å². The molecule has 3 aromatic carbocycles. The van der Waals surface area contributed by atoms with Gasteiger partial charge in [-0.25, -0.2) is 4.79 Å². The second-order valence-corrected chi connectivity index (χ2v) is 7.93. The zero-order valence-corrected chi connectivity index (χ0v) is 18.7. The van der Waals surface area contributed by atoms with E-state index in [1.807, 2.05) is 82.6 Å². The molecular formula is C27H30N2O3. The first-order chi connectivity index (χ1) is 15.7. The molecule has 1 heterocycles. The van der Waals surface area contributed by atoms with E-state index in [4.69, 9.17) is 9.47 Å². The van der Waals surface area contributed by atoms with Crippen LogP contribution in [0.3, 0.4) is 0 Å². The molecule has 5 nitrogen and oxygen atoms in total. The molecule has 32 heavy (non-hydrogen) atoms. The van der Waals surface area contributed by atoms with E-state index >= 15 is 0 Å². The summed E-state index contributed by atoms with van der Waals surface area (Å²) in [6, 6.07) is 27.5. The van der Waals surface area contributed by atoms with Gasteiger partial charge in [0.2, 0.25) is 0 Å². The van der Waals surface area contributed by atoms with Gasteiger partial charge in [-0.1, -0.05) is 74.0 Å². The third kappa shape index (κ3) is 4.63. The molecule has 1 aliphatic heterocycles. The molecule has 4 rings (SSSR count). The average Bonchev–Trinajstić information content (AvgIpc) is 3.12. The number of hydrogen-bond acceptors (Lipinski definition) is 3. The van der Waals surface area contributed by atoms with Crippen LogP contribution in [0, 0.1) is 0 Å². The van der Waals surface area contributed by atoms with Crippen molar-refractivity contribution in [3.63, 3.8) is 0 Å². The Morgan fingerprint density at radius 2 is 1.53 bits per heavy atom. The predicted octanol–water partition coefficient (Wildman–Crippen LogP) is 6.02. The summed E-state index contributed by atoms with van der Waals surface area (Å²) < 4.78 is 11.7. The number of unbranched alkanes of at least 4 members (excludes halogenated alkanes) is 1. The molecule has 0 spiro atoms. The van der Waals surface area contributed by atoms with E-state index in [1.165, 1.54) is 0 Å². The molecule has 2 amide bonds. The van der Waals surface area contributed by atoms with Gasteiger partial charge >= 0.3 is 6.03 Å². The minimum atomic E-state index is -0.390. The lowest BCUT2D eigenvalue weighted by atomic mass is 10.0. The van der Waals surface area contributed by atoms with Gasteiger partial charge in [0.05, 0.1) is 13.7 Å². The minimum Gasteiger partial charge on any atom is -0.497 e. The van der Waals surface area contributed by atoms with Crippen molar-refractivity contribution in [3.05, 3.63) is 96.1 Å². The lowest BCUT2D eigenvalue weighted by molar-refractivity contribution is -0.0365. The third-order valence-electron chi connectivity index (χ3n) is 5.78. The number of amides is 2. The van der Waals surface area contributed by atoms with Crippen LogP contribution in [0.15, 0.2) is 84.9 Å². The second-order valence-electron chi connectivity index (χ2n) is 7.93. The highest BCUT2D eigenvalue weighted by molar-refractivity contribution is 5.95. The molecule has 3 aromatic rings. The lowest BCUT2D eigenvalue weighted by Crippen LogP contribution is -2.36. The SMILES string of the molecule is CCCCOC1C(c2ccccc2)N(c2ccc(OC)cc2)C(=O)N1Cc1ccccc1. The number of carbonyl (C=O) groups is 1. The second kappa shape index (κ2) is 10.3. The highest BCUT2D eigenvalue weighted by Crippen LogP contribution is 2.41. The molecule has 0 N–H and O–H groups in total. The number of methoxy groups -OCH3 is 1. The fourth-order valence-electron chi connectivity index (χ4n) is 4.11. The summed E-state index contributed by atoms with van der Waals surface area (Å²) in [6.07, 6.45) is 1.60. The summed E-state index contributed by atoms with van der Waals surface area (Å²) in [5, 5.41) is 0. The number of nitrogens with zero attached hydrogens (tertiary/aromatic N) is 2. The molecule has 1 saturated heterocycles. The summed E-state index contributed by atoms with van der Waals surface area (Å²) in [4.78, 5) is 17.5. The van der Waals surface area contributed by atoms with E-state index in [1.54, 1.807) is 7.11 Å². The number of anilines is 1. The topological polar surface area (TPSA) is 42.0 Å². The van der Waals surface area contributed by atoms with Crippen LogP contribution in [-0.2, 0) is 11.3 Å². The van der Waals surface area contributed by atoms with Gasteiger partial charge in [-0.15, -0.1) is 0 Å². The summed E-state index contributed by atoms with van der Waals surface area (Å²) in [6.45, 7) is 3.25. The maximum absolute atomic E-state index is 13.8. The van der Waals surface area contributed by atoms with Crippen molar-refractivity contribution in [2.45, 2.75) is 38.6 Å². The Kier molecular flexibility index (Phi) is 7.07. The standard InChI is InChI=1S/C27H30N2O3/c1-3-4-19-32-26-25(22-13-9-6-10-14-22)29(23-15-17-24(31-2)18-16-23)27(30)28(26)20-21-11-7-5-8-12-21/h5-18,25-26H,3-4,19-20H2,1-2H3. The quantitative estimate of drug-likeness (QED) is 0.390. The predicted molar refractivity (Wildman–Crippen MR) is 127 cm³/mol. The zero-order chi connectivity index (χ0) is 22.3. The van der Waals surface area contributed by atoms with E-state index in [-0.39, 0.29) is 12.1 Å². The van der Waals surface area contributed by atoms with E-state index in [0.29, 0.717) is 13.2 Å². The Morgan fingerprint density at radius 3 is 2.16 bits per heavy atom. The van der Waals surface area contributed by atoms with Gasteiger partial charge in [0, 0.05) is 12.3 Å². The van der Waals surface area contributed by atoms with E-state index in [2.05, 4.69) is 19.1 Å². The van der Waals surface area contributed by atoms with Crippen LogP contribution in [0.4, 0.5) is 10.5 Å². The van der Waals surface area contributed by atoms with Crippen LogP contribution in [0.1, 0.15) is 36.9 Å². The van der Waals surface area contributed by atoms with Crippen LogP contribution in [0.5, 0.6) is 5.75 Å². The number of carbonyl (C=O) groups excluding carboxylic acids is 1. The van der Waals surface area contributed by atoms with Gasteiger partial charge in [0.25, 0.3) is 0 Å². The van der Waals surface area contributed by atoms with Gasteiger partial charge in [0.1, 0.15) is 11.8 Å². The highest BCUT2D eigenvalue weighted by Gasteiger charge is 2.48. The summed E-state index contributed by atoms with van der Waals surface area (Å²) in [7, 11) is 1.64. The molecule has 0 radical (unpaired) electrons. The molecule has 0 aromatic heterocycles. The fraction of sp³-hybridized carbons (Fsp3) is 0.296. The number of hydrogen-bond donors (Lipinski definition) is 0. The van der Waals surface area contributed by atoms with Crippen LogP contribution in [-0.4, -0.2) is 30.9 Å². The molecule has 1 fully saturated rings. The average molecular weight is 431 g/mol. The monoisotopic (exact) mass is 430 g/mol. The molecule has 166 valence electrons. The van der Waals surface area contributed by atoms with Gasteiger partial charge in [-0.05, 0) is 41.8 Å². The van der Waals surface area contributed by atoms with Crippen molar-refractivity contribution < 1.29 is 14.3 Å². The first-order valence-corrected chi connectivity index (χ1v) is 11.2. The van der Waals surface area contributed by atoms with Gasteiger partial charge in [0.15, 0.2) is 6.23 Å². The Labute approximate surface area is 190 Å². The summed E-state index contributed by atoms with van der Waals surface area (Å²) >= 11 is 0. The van der Waals surface area contributed by atoms with E-state index in [0.717, 1.165) is 35.4 Å². The molecule has 2 unspecified atom stereocenters. The van der Waals surface area contributed by atoms with Crippen LogP contribution in [0.25, 0.3) is 0 Å². The first kappa shape index (κ1) is 21.9. The van der Waals surface area contributed by atoms with E-state index < -0.39 is 6.23 Å². The molecule has 0 bridgehead atoms. The van der Waals surface area contributed by atoms with Crippen molar-refractivity contribution in [1.82, 2.24) is 4.90 Å². The normalized spacial score (nSPS) is 18.2. The summed E-state index contributed by atoms with van der Waals surface area (Å²) in [5.74, 6) is 0.758. The molecular weight excluding hydrogens is 400 g/mol. The van der Waals surface area contributed by atoms with Crippen molar-refractivity contribution in [3.8, 4) is 5.75 Å². The van der Waals surface area contributed by atoms with Gasteiger partial charge in [-0.2, -0.15) is 0 Å². The largest absolute Gasteiger partial charge is 0.497 e. The van der Waals surface area contributed by atoms with Crippen LogP contribution in [0.2, 0.25) is 0 Å². The van der Waals surface area contributed by atoms with Gasteiger partial charge < -0.3 is 9.47 Å². The highest BCUT2D eigenvalue weighted by atomic mass is 16.5.